The van der Waals surface area contributed by atoms with Crippen molar-refractivity contribution in [2.45, 2.75) is 30.9 Å². The van der Waals surface area contributed by atoms with Gasteiger partial charge < -0.3 is 14.6 Å². The number of benzene rings is 2. The first kappa shape index (κ1) is 21.4. The highest BCUT2D eigenvalue weighted by Gasteiger charge is 2.33. The Morgan fingerprint density at radius 3 is 2.11 bits per heavy atom. The second-order valence-corrected chi connectivity index (χ2v) is 7.80. The van der Waals surface area contributed by atoms with Crippen LogP contribution in [0.1, 0.15) is 22.8 Å². The third-order valence-electron chi connectivity index (χ3n) is 3.97. The van der Waals surface area contributed by atoms with Gasteiger partial charge in [0, 0.05) is 0 Å². The molecular weight excluding hydrogens is 386 g/mol. The van der Waals surface area contributed by atoms with Crippen molar-refractivity contribution in [3.63, 3.8) is 0 Å². The number of nitrogens with one attached hydrogen (secondary N) is 1. The Morgan fingerprint density at radius 2 is 1.61 bits per heavy atom. The van der Waals surface area contributed by atoms with Gasteiger partial charge in [-0.1, -0.05) is 17.7 Å². The van der Waals surface area contributed by atoms with Crippen molar-refractivity contribution in [1.29, 1.82) is 0 Å². The summed E-state index contributed by atoms with van der Waals surface area (Å²) in [5.41, 5.74) is 1.04. The smallest absolute Gasteiger partial charge is 0.338 e. The molecule has 150 valence electrons. The Kier molecular flexibility index (Phi) is 6.76. The molecule has 0 spiro atoms. The zero-order chi connectivity index (χ0) is 20.9. The summed E-state index contributed by atoms with van der Waals surface area (Å²) in [6, 6.07) is 10.3. The SMILES string of the molecule is COc1ccc(C(=O)O[C@@H](C)[C@H](NS(=O)(=O)c2ccc(C)cc2)C(=O)O)cc1. The van der Waals surface area contributed by atoms with Gasteiger partial charge in [-0.15, -0.1) is 0 Å². The maximum Gasteiger partial charge on any atom is 0.338 e. The fourth-order valence-corrected chi connectivity index (χ4v) is 3.59. The molecule has 0 fully saturated rings. The van der Waals surface area contributed by atoms with Gasteiger partial charge in [-0.3, -0.25) is 4.79 Å². The summed E-state index contributed by atoms with van der Waals surface area (Å²) < 4.78 is 37.1. The van der Waals surface area contributed by atoms with Gasteiger partial charge in [0.15, 0.2) is 6.04 Å². The van der Waals surface area contributed by atoms with Crippen LogP contribution in [0.4, 0.5) is 0 Å². The molecule has 0 radical (unpaired) electrons. The van der Waals surface area contributed by atoms with E-state index in [1.807, 2.05) is 0 Å². The lowest BCUT2D eigenvalue weighted by Crippen LogP contribution is -2.49. The van der Waals surface area contributed by atoms with Crippen molar-refractivity contribution in [3.05, 3.63) is 59.7 Å². The van der Waals surface area contributed by atoms with Crippen LogP contribution in [0.15, 0.2) is 53.4 Å². The minimum absolute atomic E-state index is 0.0852. The molecule has 0 saturated carbocycles. The quantitative estimate of drug-likeness (QED) is 0.642. The molecule has 2 atom stereocenters. The molecule has 0 saturated heterocycles. The van der Waals surface area contributed by atoms with Crippen LogP contribution in [-0.4, -0.2) is 44.7 Å². The van der Waals surface area contributed by atoms with E-state index in [2.05, 4.69) is 4.72 Å². The van der Waals surface area contributed by atoms with Crippen LogP contribution in [0.5, 0.6) is 5.75 Å². The van der Waals surface area contributed by atoms with Crippen LogP contribution in [-0.2, 0) is 19.6 Å². The Morgan fingerprint density at radius 1 is 1.04 bits per heavy atom. The van der Waals surface area contributed by atoms with E-state index < -0.39 is 34.1 Å². The molecule has 0 amide bonds. The minimum atomic E-state index is -4.11. The van der Waals surface area contributed by atoms with E-state index >= 15 is 0 Å². The molecule has 2 rings (SSSR count). The fraction of sp³-hybridized carbons (Fsp3) is 0.263. The molecule has 8 nitrogen and oxygen atoms in total. The number of carboxylic acid groups (broad SMARTS) is 1. The van der Waals surface area contributed by atoms with Crippen molar-refractivity contribution in [1.82, 2.24) is 4.72 Å². The monoisotopic (exact) mass is 407 g/mol. The zero-order valence-electron chi connectivity index (χ0n) is 15.6. The van der Waals surface area contributed by atoms with Crippen LogP contribution >= 0.6 is 0 Å². The standard InChI is InChI=1S/C19H21NO7S/c1-12-4-10-16(11-5-12)28(24,25)20-17(18(21)22)13(2)27-19(23)14-6-8-15(26-3)9-7-14/h4-11,13,17,20H,1-3H3,(H,21,22)/t13-,17-/m0/s1. The Bertz CT molecular complexity index is 937. The number of hydrogen-bond acceptors (Lipinski definition) is 6. The topological polar surface area (TPSA) is 119 Å². The minimum Gasteiger partial charge on any atom is -0.497 e. The molecule has 0 bridgehead atoms. The second-order valence-electron chi connectivity index (χ2n) is 6.09. The van der Waals surface area contributed by atoms with E-state index in [4.69, 9.17) is 9.47 Å². The average molecular weight is 407 g/mol. The van der Waals surface area contributed by atoms with Crippen molar-refractivity contribution in [3.8, 4) is 5.75 Å². The number of carbonyl (C=O) groups excluding carboxylic acids is 1. The molecule has 9 heteroatoms. The summed E-state index contributed by atoms with van der Waals surface area (Å²) in [5, 5.41) is 9.42. The number of rotatable bonds is 8. The number of hydrogen-bond donors (Lipinski definition) is 2. The normalized spacial score (nSPS) is 13.4. The van der Waals surface area contributed by atoms with Crippen LogP contribution < -0.4 is 9.46 Å². The summed E-state index contributed by atoms with van der Waals surface area (Å²) in [5.74, 6) is -1.71. The molecule has 2 N–H and O–H groups in total. The molecule has 28 heavy (non-hydrogen) atoms. The summed E-state index contributed by atoms with van der Waals surface area (Å²) in [7, 11) is -2.64. The Labute approximate surface area is 163 Å². The maximum atomic E-state index is 12.5. The summed E-state index contributed by atoms with van der Waals surface area (Å²) >= 11 is 0. The number of esters is 1. The zero-order valence-corrected chi connectivity index (χ0v) is 16.4. The van der Waals surface area contributed by atoms with Crippen molar-refractivity contribution < 1.29 is 32.6 Å². The summed E-state index contributed by atoms with van der Waals surface area (Å²) in [6.45, 7) is 3.10. The number of methoxy groups -OCH3 is 1. The van der Waals surface area contributed by atoms with Crippen molar-refractivity contribution in [2.75, 3.05) is 7.11 Å². The van der Waals surface area contributed by atoms with Gasteiger partial charge in [0.1, 0.15) is 11.9 Å². The van der Waals surface area contributed by atoms with Crippen LogP contribution in [0.25, 0.3) is 0 Å². The number of carbonyl (C=O) groups is 2. The highest BCUT2D eigenvalue weighted by molar-refractivity contribution is 7.89. The van der Waals surface area contributed by atoms with E-state index in [9.17, 15) is 23.1 Å². The third kappa shape index (κ3) is 5.30. The molecule has 0 aliphatic rings. The summed E-state index contributed by atoms with van der Waals surface area (Å²) in [4.78, 5) is 23.7. The van der Waals surface area contributed by atoms with E-state index in [1.165, 1.54) is 38.3 Å². The number of sulfonamides is 1. The van der Waals surface area contributed by atoms with E-state index in [-0.39, 0.29) is 10.5 Å². The van der Waals surface area contributed by atoms with Crippen LogP contribution in [0.2, 0.25) is 0 Å². The molecule has 2 aromatic rings. The highest BCUT2D eigenvalue weighted by atomic mass is 32.2. The van der Waals surface area contributed by atoms with Gasteiger partial charge in [0.2, 0.25) is 10.0 Å². The predicted octanol–water partition coefficient (Wildman–Crippen LogP) is 1.98. The molecular formula is C19H21NO7S. The van der Waals surface area contributed by atoms with Gasteiger partial charge in [-0.05, 0) is 50.2 Å². The first-order valence-electron chi connectivity index (χ1n) is 8.31. The van der Waals surface area contributed by atoms with Crippen LogP contribution in [0.3, 0.4) is 0 Å². The fourth-order valence-electron chi connectivity index (χ4n) is 2.33. The van der Waals surface area contributed by atoms with Crippen molar-refractivity contribution in [2.24, 2.45) is 0 Å². The molecule has 0 aromatic heterocycles. The van der Waals surface area contributed by atoms with Crippen LogP contribution in [0, 0.1) is 6.92 Å². The second kappa shape index (κ2) is 8.85. The number of aliphatic carboxylic acids is 1. The van der Waals surface area contributed by atoms with E-state index in [0.29, 0.717) is 5.75 Å². The van der Waals surface area contributed by atoms with E-state index in [0.717, 1.165) is 5.56 Å². The largest absolute Gasteiger partial charge is 0.497 e. The van der Waals surface area contributed by atoms with Crippen molar-refractivity contribution >= 4 is 22.0 Å². The molecule has 0 aliphatic carbocycles. The van der Waals surface area contributed by atoms with Gasteiger partial charge in [-0.25, -0.2) is 13.2 Å². The first-order chi connectivity index (χ1) is 13.1. The van der Waals surface area contributed by atoms with Gasteiger partial charge in [0.05, 0.1) is 17.6 Å². The molecule has 2 aromatic carbocycles. The molecule has 0 unspecified atom stereocenters. The first-order valence-corrected chi connectivity index (χ1v) is 9.79. The van der Waals surface area contributed by atoms with Gasteiger partial charge in [-0.2, -0.15) is 4.72 Å². The van der Waals surface area contributed by atoms with Gasteiger partial charge in [0.25, 0.3) is 0 Å². The Balaban J connectivity index is 2.14. The third-order valence-corrected chi connectivity index (χ3v) is 5.42. The number of carboxylic acids is 1. The van der Waals surface area contributed by atoms with E-state index in [1.54, 1.807) is 31.2 Å². The molecule has 0 heterocycles. The maximum absolute atomic E-state index is 12.5. The lowest BCUT2D eigenvalue weighted by atomic mass is 10.2. The van der Waals surface area contributed by atoms with Gasteiger partial charge >= 0.3 is 11.9 Å². The Hall–Kier alpha value is -2.91. The summed E-state index contributed by atoms with van der Waals surface area (Å²) in [6.07, 6.45) is -1.26. The number of aryl methyl sites for hydroxylation is 1. The average Bonchev–Trinajstić information content (AvgIpc) is 2.66. The predicted molar refractivity (Wildman–Crippen MR) is 101 cm³/mol. The lowest BCUT2D eigenvalue weighted by molar-refractivity contribution is -0.141. The number of ether oxygens (including phenoxy) is 2. The highest BCUT2D eigenvalue weighted by Crippen LogP contribution is 2.15. The molecule has 0 aliphatic heterocycles. The lowest BCUT2D eigenvalue weighted by Gasteiger charge is -2.21.